The summed E-state index contributed by atoms with van der Waals surface area (Å²) in [5, 5.41) is 9.74. The van der Waals surface area contributed by atoms with Crippen molar-refractivity contribution in [3.63, 3.8) is 0 Å². The van der Waals surface area contributed by atoms with E-state index in [0.29, 0.717) is 5.92 Å². The molecule has 3 rings (SSSR count). The second kappa shape index (κ2) is 7.13. The van der Waals surface area contributed by atoms with E-state index in [2.05, 4.69) is 37.6 Å². The number of methoxy groups -OCH3 is 2. The lowest BCUT2D eigenvalue weighted by Gasteiger charge is -2.12. The molecule has 1 aromatic heterocycles. The van der Waals surface area contributed by atoms with E-state index in [0.717, 1.165) is 44.8 Å². The highest BCUT2D eigenvalue weighted by atomic mass is 79.9. The van der Waals surface area contributed by atoms with E-state index in [1.54, 1.807) is 26.0 Å². The Hall–Kier alpha value is -1.21. The summed E-state index contributed by atoms with van der Waals surface area (Å²) >= 11 is 5.31. The molecule has 124 valence electrons. The molecule has 0 atom stereocenters. The molecule has 0 bridgehead atoms. The van der Waals surface area contributed by atoms with Gasteiger partial charge in [-0.25, -0.2) is 0 Å². The zero-order valence-corrected chi connectivity index (χ0v) is 15.9. The molecule has 1 aromatic carbocycles. The maximum Gasteiger partial charge on any atom is 0.191 e. The second-order valence-electron chi connectivity index (χ2n) is 5.45. The molecule has 0 spiro atoms. The fourth-order valence-electron chi connectivity index (χ4n) is 2.50. The maximum absolute atomic E-state index is 5.38. The van der Waals surface area contributed by atoms with Crippen LogP contribution in [0.25, 0.3) is 0 Å². The molecule has 0 amide bonds. The van der Waals surface area contributed by atoms with Gasteiger partial charge in [-0.15, -0.1) is 10.2 Å². The van der Waals surface area contributed by atoms with Gasteiger partial charge in [0, 0.05) is 22.7 Å². The van der Waals surface area contributed by atoms with Gasteiger partial charge in [-0.1, -0.05) is 27.7 Å². The molecule has 0 saturated heterocycles. The van der Waals surface area contributed by atoms with Crippen molar-refractivity contribution in [2.45, 2.75) is 43.1 Å². The summed E-state index contributed by atoms with van der Waals surface area (Å²) < 4.78 is 13.9. The Morgan fingerprint density at radius 1 is 1.22 bits per heavy atom. The van der Waals surface area contributed by atoms with Crippen LogP contribution in [0.3, 0.4) is 0 Å². The Bertz CT molecular complexity index is 701. The summed E-state index contributed by atoms with van der Waals surface area (Å²) in [4.78, 5) is 0. The van der Waals surface area contributed by atoms with Gasteiger partial charge < -0.3 is 14.0 Å². The number of thioether (sulfide) groups is 1. The summed E-state index contributed by atoms with van der Waals surface area (Å²) in [5.74, 6) is 4.01. The maximum atomic E-state index is 5.38. The van der Waals surface area contributed by atoms with E-state index in [1.807, 2.05) is 12.1 Å². The average Bonchev–Trinajstić information content (AvgIpc) is 3.33. The van der Waals surface area contributed by atoms with E-state index < -0.39 is 0 Å². The quantitative estimate of drug-likeness (QED) is 0.653. The highest BCUT2D eigenvalue weighted by molar-refractivity contribution is 9.10. The number of hydrogen-bond donors (Lipinski definition) is 0. The van der Waals surface area contributed by atoms with Crippen molar-refractivity contribution in [3.8, 4) is 11.5 Å². The van der Waals surface area contributed by atoms with Crippen LogP contribution in [-0.2, 0) is 12.3 Å². The lowest BCUT2D eigenvalue weighted by Crippen LogP contribution is -2.02. The number of hydrogen-bond acceptors (Lipinski definition) is 5. The molecule has 1 aliphatic rings. The Kier molecular flexibility index (Phi) is 5.16. The summed E-state index contributed by atoms with van der Waals surface area (Å²) in [5.41, 5.74) is 1.14. The Labute approximate surface area is 148 Å². The first-order chi connectivity index (χ1) is 11.2. The van der Waals surface area contributed by atoms with Crippen LogP contribution in [0.1, 0.15) is 37.1 Å². The molecule has 1 saturated carbocycles. The van der Waals surface area contributed by atoms with Crippen LogP contribution < -0.4 is 9.47 Å². The van der Waals surface area contributed by atoms with Crippen molar-refractivity contribution < 1.29 is 9.47 Å². The monoisotopic (exact) mass is 397 g/mol. The number of aromatic nitrogens is 3. The molecule has 1 heterocycles. The fourth-order valence-corrected chi connectivity index (χ4v) is 4.15. The molecule has 2 aromatic rings. The van der Waals surface area contributed by atoms with Gasteiger partial charge in [0.2, 0.25) is 0 Å². The molecule has 0 N–H and O–H groups in total. The molecular weight excluding hydrogens is 378 g/mol. The number of rotatable bonds is 7. The van der Waals surface area contributed by atoms with Crippen LogP contribution in [0.15, 0.2) is 21.8 Å². The predicted octanol–water partition coefficient (Wildman–Crippen LogP) is 4.25. The molecule has 0 radical (unpaired) electrons. The lowest BCUT2D eigenvalue weighted by molar-refractivity contribution is 0.354. The number of benzene rings is 1. The Morgan fingerprint density at radius 2 is 1.91 bits per heavy atom. The molecular formula is C16H20BrN3O2S. The number of nitrogens with zero attached hydrogens (tertiary/aromatic N) is 3. The molecule has 1 aliphatic carbocycles. The van der Waals surface area contributed by atoms with Crippen LogP contribution >= 0.6 is 27.7 Å². The van der Waals surface area contributed by atoms with Crippen LogP contribution in [0.2, 0.25) is 0 Å². The van der Waals surface area contributed by atoms with E-state index in [-0.39, 0.29) is 0 Å². The normalized spacial score (nSPS) is 14.1. The topological polar surface area (TPSA) is 49.2 Å². The van der Waals surface area contributed by atoms with Crippen LogP contribution in [0.5, 0.6) is 11.5 Å². The molecule has 7 heteroatoms. The van der Waals surface area contributed by atoms with E-state index in [4.69, 9.17) is 9.47 Å². The standard InChI is InChI=1S/C16H20BrN3O2S/c1-4-20-15(10-5-6-10)18-19-16(20)23-9-11-7-13(21-2)14(22-3)8-12(11)17/h7-8,10H,4-6,9H2,1-3H3. The molecule has 1 fully saturated rings. The average molecular weight is 398 g/mol. The van der Waals surface area contributed by atoms with Crippen molar-refractivity contribution in [1.29, 1.82) is 0 Å². The van der Waals surface area contributed by atoms with Crippen molar-refractivity contribution in [1.82, 2.24) is 14.8 Å². The first kappa shape index (κ1) is 16.6. The number of ether oxygens (including phenoxy) is 2. The zero-order chi connectivity index (χ0) is 16.4. The van der Waals surface area contributed by atoms with Gasteiger partial charge in [-0.05, 0) is 37.5 Å². The third kappa shape index (κ3) is 3.50. The van der Waals surface area contributed by atoms with E-state index >= 15 is 0 Å². The van der Waals surface area contributed by atoms with Crippen LogP contribution in [-0.4, -0.2) is 29.0 Å². The predicted molar refractivity (Wildman–Crippen MR) is 94.5 cm³/mol. The Balaban J connectivity index is 1.78. The minimum atomic E-state index is 0.615. The van der Waals surface area contributed by atoms with Crippen LogP contribution in [0, 0.1) is 0 Å². The van der Waals surface area contributed by atoms with E-state index in [1.165, 1.54) is 12.8 Å². The first-order valence-electron chi connectivity index (χ1n) is 7.64. The highest BCUT2D eigenvalue weighted by Gasteiger charge is 2.30. The molecule has 23 heavy (non-hydrogen) atoms. The minimum Gasteiger partial charge on any atom is -0.493 e. The summed E-state index contributed by atoms with van der Waals surface area (Å²) in [6.45, 7) is 3.06. The van der Waals surface area contributed by atoms with Crippen molar-refractivity contribution in [3.05, 3.63) is 28.0 Å². The van der Waals surface area contributed by atoms with Gasteiger partial charge >= 0.3 is 0 Å². The largest absolute Gasteiger partial charge is 0.493 e. The lowest BCUT2D eigenvalue weighted by atomic mass is 10.2. The molecule has 0 unspecified atom stereocenters. The SMILES string of the molecule is CCn1c(SCc2cc(OC)c(OC)cc2Br)nnc1C1CC1. The smallest absolute Gasteiger partial charge is 0.191 e. The van der Waals surface area contributed by atoms with Crippen molar-refractivity contribution in [2.75, 3.05) is 14.2 Å². The summed E-state index contributed by atoms with van der Waals surface area (Å²) in [6, 6.07) is 3.94. The summed E-state index contributed by atoms with van der Waals surface area (Å²) in [7, 11) is 3.29. The Morgan fingerprint density at radius 3 is 2.52 bits per heavy atom. The van der Waals surface area contributed by atoms with Crippen molar-refractivity contribution in [2.24, 2.45) is 0 Å². The van der Waals surface area contributed by atoms with Crippen LogP contribution in [0.4, 0.5) is 0 Å². The van der Waals surface area contributed by atoms with Gasteiger partial charge in [0.25, 0.3) is 0 Å². The van der Waals surface area contributed by atoms with Gasteiger partial charge in [-0.2, -0.15) is 0 Å². The third-order valence-corrected chi connectivity index (χ3v) is 5.67. The van der Waals surface area contributed by atoms with Gasteiger partial charge in [0.1, 0.15) is 5.82 Å². The molecule has 5 nitrogen and oxygen atoms in total. The highest BCUT2D eigenvalue weighted by Crippen LogP contribution is 2.41. The van der Waals surface area contributed by atoms with E-state index in [9.17, 15) is 0 Å². The van der Waals surface area contributed by atoms with Gasteiger partial charge in [-0.3, -0.25) is 0 Å². The first-order valence-corrected chi connectivity index (χ1v) is 9.42. The van der Waals surface area contributed by atoms with Gasteiger partial charge in [0.05, 0.1) is 14.2 Å². The molecule has 0 aliphatic heterocycles. The number of halogens is 1. The third-order valence-electron chi connectivity index (χ3n) is 3.91. The summed E-state index contributed by atoms with van der Waals surface area (Å²) in [6.07, 6.45) is 2.48. The van der Waals surface area contributed by atoms with Crippen molar-refractivity contribution >= 4 is 27.7 Å². The zero-order valence-electron chi connectivity index (χ0n) is 13.5. The van der Waals surface area contributed by atoms with Gasteiger partial charge in [0.15, 0.2) is 16.7 Å². The second-order valence-corrected chi connectivity index (χ2v) is 7.24. The fraction of sp³-hybridized carbons (Fsp3) is 0.500. The minimum absolute atomic E-state index is 0.615.